The van der Waals surface area contributed by atoms with Gasteiger partial charge in [0.15, 0.2) is 0 Å². The van der Waals surface area contributed by atoms with Crippen LogP contribution in [0.25, 0.3) is 11.1 Å². The lowest BCUT2D eigenvalue weighted by Crippen LogP contribution is -2.38. The third kappa shape index (κ3) is 2.64. The Morgan fingerprint density at radius 2 is 1.90 bits per heavy atom. The van der Waals surface area contributed by atoms with Crippen molar-refractivity contribution < 1.29 is 9.18 Å². The molecule has 1 amide bonds. The summed E-state index contributed by atoms with van der Waals surface area (Å²) >= 11 is 6.07. The van der Waals surface area contributed by atoms with E-state index in [4.69, 9.17) is 11.6 Å². The second kappa shape index (κ2) is 5.13. The van der Waals surface area contributed by atoms with E-state index in [1.54, 1.807) is 6.07 Å². The molecule has 0 radical (unpaired) electrons. The van der Waals surface area contributed by atoms with Crippen molar-refractivity contribution in [1.82, 2.24) is 10.9 Å². The van der Waals surface area contributed by atoms with Crippen LogP contribution in [-0.4, -0.2) is 5.91 Å². The Balaban J connectivity index is 1.92. The number of halogens is 2. The number of amides is 1. The Morgan fingerprint density at radius 1 is 1.19 bits per heavy atom. The molecule has 5 heteroatoms. The number of nitrogens with one attached hydrogen (secondary N) is 2. The first-order valence-corrected chi connectivity index (χ1v) is 6.98. The van der Waals surface area contributed by atoms with E-state index in [1.165, 1.54) is 12.1 Å². The number of hydrogen-bond donors (Lipinski definition) is 2. The standard InChI is InChI=1S/C16H14ClFN2O/c1-16(9-15(21)19-20-16)11-4-2-10(3-5-11)13-7-6-12(18)8-14(13)17/h2-8,20H,9H2,1H3,(H,19,21). The van der Waals surface area contributed by atoms with Gasteiger partial charge in [-0.3, -0.25) is 10.2 Å². The lowest BCUT2D eigenvalue weighted by molar-refractivity contribution is -0.119. The minimum absolute atomic E-state index is 0.0249. The van der Waals surface area contributed by atoms with E-state index < -0.39 is 5.54 Å². The first-order chi connectivity index (χ1) is 9.98. The zero-order valence-corrected chi connectivity index (χ0v) is 12.2. The molecule has 1 fully saturated rings. The molecule has 1 unspecified atom stereocenters. The van der Waals surface area contributed by atoms with Gasteiger partial charge in [-0.1, -0.05) is 35.9 Å². The summed E-state index contributed by atoms with van der Waals surface area (Å²) in [4.78, 5) is 11.4. The van der Waals surface area contributed by atoms with Gasteiger partial charge in [0.1, 0.15) is 5.82 Å². The number of rotatable bonds is 2. The zero-order chi connectivity index (χ0) is 15.0. The molecule has 2 N–H and O–H groups in total. The second-order valence-corrected chi connectivity index (χ2v) is 5.79. The molecule has 1 saturated heterocycles. The Kier molecular flexibility index (Phi) is 3.43. The minimum Gasteiger partial charge on any atom is -0.291 e. The van der Waals surface area contributed by atoms with Crippen molar-refractivity contribution in [2.75, 3.05) is 0 Å². The molecule has 1 aliphatic heterocycles. The average Bonchev–Trinajstić information content (AvgIpc) is 2.80. The van der Waals surface area contributed by atoms with E-state index in [0.717, 1.165) is 16.7 Å². The SMILES string of the molecule is CC1(c2ccc(-c3ccc(F)cc3Cl)cc2)CC(=O)NN1. The highest BCUT2D eigenvalue weighted by molar-refractivity contribution is 6.33. The molecule has 3 rings (SSSR count). The third-order valence-electron chi connectivity index (χ3n) is 3.76. The maximum absolute atomic E-state index is 13.1. The van der Waals surface area contributed by atoms with E-state index >= 15 is 0 Å². The number of carbonyl (C=O) groups is 1. The highest BCUT2D eigenvalue weighted by atomic mass is 35.5. The first-order valence-electron chi connectivity index (χ1n) is 6.60. The van der Waals surface area contributed by atoms with Gasteiger partial charge >= 0.3 is 0 Å². The third-order valence-corrected chi connectivity index (χ3v) is 4.07. The molecule has 1 heterocycles. The Bertz CT molecular complexity index is 702. The van der Waals surface area contributed by atoms with Gasteiger partial charge in [0.2, 0.25) is 5.91 Å². The molecule has 0 aromatic heterocycles. The molecule has 1 aliphatic rings. The Hall–Kier alpha value is -1.91. The topological polar surface area (TPSA) is 41.1 Å². The fourth-order valence-electron chi connectivity index (χ4n) is 2.53. The van der Waals surface area contributed by atoms with Crippen LogP contribution in [0.5, 0.6) is 0 Å². The Morgan fingerprint density at radius 3 is 2.48 bits per heavy atom. The van der Waals surface area contributed by atoms with Gasteiger partial charge in [0.25, 0.3) is 0 Å². The maximum atomic E-state index is 13.1. The molecule has 1 atom stereocenters. The van der Waals surface area contributed by atoms with Crippen LogP contribution in [0.4, 0.5) is 4.39 Å². The van der Waals surface area contributed by atoms with Crippen molar-refractivity contribution in [3.05, 3.63) is 58.9 Å². The normalized spacial score (nSPS) is 21.4. The lowest BCUT2D eigenvalue weighted by Gasteiger charge is -2.23. The molecule has 3 nitrogen and oxygen atoms in total. The molecule has 21 heavy (non-hydrogen) atoms. The van der Waals surface area contributed by atoms with Crippen LogP contribution in [0, 0.1) is 5.82 Å². The van der Waals surface area contributed by atoms with Crippen LogP contribution in [0.15, 0.2) is 42.5 Å². The Labute approximate surface area is 127 Å². The van der Waals surface area contributed by atoms with E-state index in [-0.39, 0.29) is 11.7 Å². The van der Waals surface area contributed by atoms with E-state index in [0.29, 0.717) is 11.4 Å². The van der Waals surface area contributed by atoms with Crippen LogP contribution in [0.3, 0.4) is 0 Å². The highest BCUT2D eigenvalue weighted by Crippen LogP contribution is 2.32. The predicted molar refractivity (Wildman–Crippen MR) is 80.1 cm³/mol. The minimum atomic E-state index is -0.414. The van der Waals surface area contributed by atoms with Gasteiger partial charge in [0.05, 0.1) is 17.0 Å². The van der Waals surface area contributed by atoms with Crippen molar-refractivity contribution in [2.45, 2.75) is 18.9 Å². The summed E-state index contributed by atoms with van der Waals surface area (Å²) in [6, 6.07) is 12.1. The largest absolute Gasteiger partial charge is 0.291 e. The molecular formula is C16H14ClFN2O. The summed E-state index contributed by atoms with van der Waals surface area (Å²) in [5, 5.41) is 0.379. The summed E-state index contributed by atoms with van der Waals surface area (Å²) in [5.74, 6) is -0.379. The molecule has 2 aromatic carbocycles. The van der Waals surface area contributed by atoms with E-state index in [1.807, 2.05) is 31.2 Å². The average molecular weight is 305 g/mol. The predicted octanol–water partition coefficient (Wildman–Crippen LogP) is 3.39. The summed E-state index contributed by atoms with van der Waals surface area (Å²) in [6.45, 7) is 1.96. The number of carbonyl (C=O) groups excluding carboxylic acids is 1. The fourth-order valence-corrected chi connectivity index (χ4v) is 2.81. The zero-order valence-electron chi connectivity index (χ0n) is 11.4. The van der Waals surface area contributed by atoms with Crippen LogP contribution in [0.2, 0.25) is 5.02 Å². The lowest BCUT2D eigenvalue weighted by atomic mass is 9.89. The number of hydrazine groups is 1. The van der Waals surface area contributed by atoms with Gasteiger partial charge < -0.3 is 0 Å². The molecule has 0 saturated carbocycles. The monoisotopic (exact) mass is 304 g/mol. The molecule has 108 valence electrons. The van der Waals surface area contributed by atoms with Gasteiger partial charge in [-0.2, -0.15) is 0 Å². The van der Waals surface area contributed by atoms with Crippen molar-refractivity contribution in [3.63, 3.8) is 0 Å². The summed E-state index contributed by atoms with van der Waals surface area (Å²) in [5.41, 5.74) is 7.90. The number of benzene rings is 2. The van der Waals surface area contributed by atoms with Gasteiger partial charge in [-0.05, 0) is 36.2 Å². The van der Waals surface area contributed by atoms with Gasteiger partial charge in [-0.15, -0.1) is 0 Å². The van der Waals surface area contributed by atoms with Crippen LogP contribution in [-0.2, 0) is 10.3 Å². The summed E-state index contributed by atoms with van der Waals surface area (Å²) in [6.07, 6.45) is 0.393. The van der Waals surface area contributed by atoms with Crippen LogP contribution >= 0.6 is 11.6 Å². The molecule has 0 bridgehead atoms. The highest BCUT2D eigenvalue weighted by Gasteiger charge is 2.35. The molecule has 0 aliphatic carbocycles. The fraction of sp³-hybridized carbons (Fsp3) is 0.188. The summed E-state index contributed by atoms with van der Waals surface area (Å²) < 4.78 is 13.1. The van der Waals surface area contributed by atoms with Gasteiger partial charge in [0, 0.05) is 5.56 Å². The van der Waals surface area contributed by atoms with Crippen molar-refractivity contribution in [1.29, 1.82) is 0 Å². The number of hydrogen-bond acceptors (Lipinski definition) is 2. The maximum Gasteiger partial charge on any atom is 0.236 e. The van der Waals surface area contributed by atoms with Crippen LogP contribution < -0.4 is 10.9 Å². The van der Waals surface area contributed by atoms with Crippen LogP contribution in [0.1, 0.15) is 18.9 Å². The quantitative estimate of drug-likeness (QED) is 0.893. The molecular weight excluding hydrogens is 291 g/mol. The van der Waals surface area contributed by atoms with Crippen molar-refractivity contribution in [2.24, 2.45) is 0 Å². The second-order valence-electron chi connectivity index (χ2n) is 5.38. The van der Waals surface area contributed by atoms with Crippen molar-refractivity contribution >= 4 is 17.5 Å². The van der Waals surface area contributed by atoms with Crippen molar-refractivity contribution in [3.8, 4) is 11.1 Å². The summed E-state index contributed by atoms with van der Waals surface area (Å²) in [7, 11) is 0. The molecule has 2 aromatic rings. The van der Waals surface area contributed by atoms with E-state index in [9.17, 15) is 9.18 Å². The first kappa shape index (κ1) is 14.0. The van der Waals surface area contributed by atoms with Gasteiger partial charge in [-0.25, -0.2) is 9.82 Å². The smallest absolute Gasteiger partial charge is 0.236 e. The van der Waals surface area contributed by atoms with E-state index in [2.05, 4.69) is 10.9 Å². The molecule has 0 spiro atoms.